The minimum atomic E-state index is -0.467. The van der Waals surface area contributed by atoms with E-state index in [1.54, 1.807) is 5.01 Å². The van der Waals surface area contributed by atoms with Crippen LogP contribution in [0.4, 0.5) is 5.95 Å². The van der Waals surface area contributed by atoms with Crippen molar-refractivity contribution in [3.63, 3.8) is 0 Å². The van der Waals surface area contributed by atoms with Crippen LogP contribution in [0.25, 0.3) is 11.2 Å². The molecule has 2 aromatic heterocycles. The molecule has 0 aliphatic carbocycles. The van der Waals surface area contributed by atoms with Crippen LogP contribution in [0.3, 0.4) is 0 Å². The number of H-pyrrole nitrogens is 1. The maximum absolute atomic E-state index is 12.0. The van der Waals surface area contributed by atoms with Gasteiger partial charge in [-0.25, -0.2) is 4.79 Å². The lowest BCUT2D eigenvalue weighted by Gasteiger charge is -2.13. The average molecular weight is 348 g/mol. The van der Waals surface area contributed by atoms with Gasteiger partial charge in [0.2, 0.25) is 0 Å². The molecule has 11 heteroatoms. The van der Waals surface area contributed by atoms with Crippen LogP contribution in [0.15, 0.2) is 19.9 Å². The Labute approximate surface area is 135 Å². The van der Waals surface area contributed by atoms with E-state index in [0.717, 1.165) is 4.57 Å². The molecule has 9 nitrogen and oxygen atoms in total. The number of hydrogen-bond acceptors (Lipinski definition) is 5. The molecule has 1 N–H and O–H groups in total. The molecule has 22 heavy (non-hydrogen) atoms. The molecule has 0 amide bonds. The van der Waals surface area contributed by atoms with Crippen molar-refractivity contribution in [1.29, 1.82) is 0 Å². The number of aryl methyl sites for hydroxylation is 1. The molecule has 0 aliphatic rings. The largest absolute Gasteiger partial charge is 0.332 e. The van der Waals surface area contributed by atoms with E-state index in [2.05, 4.69) is 20.3 Å². The molecule has 0 saturated carbocycles. The Morgan fingerprint density at radius 3 is 2.41 bits per heavy atom. The van der Waals surface area contributed by atoms with E-state index >= 15 is 0 Å². The van der Waals surface area contributed by atoms with E-state index in [-0.39, 0.29) is 17.1 Å². The summed E-state index contributed by atoms with van der Waals surface area (Å²) in [6.45, 7) is 0.969. The van der Waals surface area contributed by atoms with Crippen LogP contribution in [0.5, 0.6) is 0 Å². The average Bonchev–Trinajstić information content (AvgIpc) is 2.93. The van der Waals surface area contributed by atoms with Gasteiger partial charge in [0.05, 0.1) is 13.1 Å². The molecule has 0 bridgehead atoms. The highest BCUT2D eigenvalue weighted by atomic mass is 35.5. The van der Waals surface area contributed by atoms with Crippen molar-refractivity contribution < 1.29 is 0 Å². The minimum Gasteiger partial charge on any atom is -0.315 e. The maximum Gasteiger partial charge on any atom is 0.332 e. The van der Waals surface area contributed by atoms with Gasteiger partial charge in [0.15, 0.2) is 11.2 Å². The third-order valence-electron chi connectivity index (χ3n) is 3.03. The zero-order valence-electron chi connectivity index (χ0n) is 12.1. The van der Waals surface area contributed by atoms with Crippen LogP contribution < -0.4 is 11.2 Å². The summed E-state index contributed by atoms with van der Waals surface area (Å²) in [7, 11) is 2.92. The molecule has 0 aromatic carbocycles. The van der Waals surface area contributed by atoms with Crippen LogP contribution in [-0.2, 0) is 14.1 Å². The molecule has 2 aromatic rings. The summed E-state index contributed by atoms with van der Waals surface area (Å²) in [5, 5.41) is 9.49. The number of aromatic nitrogens is 4. The second kappa shape index (κ2) is 6.93. The predicted octanol–water partition coefficient (Wildman–Crippen LogP) is 0.739. The first-order valence-electron chi connectivity index (χ1n) is 6.43. The van der Waals surface area contributed by atoms with Gasteiger partial charge in [0.25, 0.3) is 11.5 Å². The lowest BCUT2D eigenvalue weighted by Crippen LogP contribution is -2.36. The Bertz CT molecular complexity index is 801. The monoisotopic (exact) mass is 347 g/mol. The molecule has 0 aliphatic heterocycles. The molecule has 0 spiro atoms. The third kappa shape index (κ3) is 3.14. The molecule has 0 unspecified atom stereocenters. The van der Waals surface area contributed by atoms with Gasteiger partial charge >= 0.3 is 5.69 Å². The summed E-state index contributed by atoms with van der Waals surface area (Å²) < 4.78 is 2.26. The normalized spacial score (nSPS) is 11.6. The van der Waals surface area contributed by atoms with Crippen molar-refractivity contribution in [3.05, 3.63) is 20.8 Å². The summed E-state index contributed by atoms with van der Waals surface area (Å²) in [5.74, 6) is 0.887. The molecule has 0 radical (unpaired) electrons. The Kier molecular flexibility index (Phi) is 5.19. The number of nitrogens with one attached hydrogen (secondary N) is 1. The second-order valence-corrected chi connectivity index (χ2v) is 5.24. The van der Waals surface area contributed by atoms with Crippen molar-refractivity contribution in [2.45, 2.75) is 0 Å². The van der Waals surface area contributed by atoms with Crippen LogP contribution in [0, 0.1) is 0 Å². The highest BCUT2D eigenvalue weighted by Gasteiger charge is 2.13. The van der Waals surface area contributed by atoms with Crippen molar-refractivity contribution in [2.24, 2.45) is 24.4 Å². The fraction of sp³-hybridized carbons (Fsp3) is 0.545. The lowest BCUT2D eigenvalue weighted by atomic mass is 10.5. The molecular weight excluding hydrogens is 333 g/mol. The van der Waals surface area contributed by atoms with Crippen molar-refractivity contribution in [1.82, 2.24) is 24.1 Å². The molecule has 0 saturated heterocycles. The molecule has 0 fully saturated rings. The third-order valence-corrected chi connectivity index (χ3v) is 3.37. The zero-order chi connectivity index (χ0) is 16.3. The Balaban J connectivity index is 2.42. The first-order valence-corrected chi connectivity index (χ1v) is 7.50. The van der Waals surface area contributed by atoms with Gasteiger partial charge in [-0.1, -0.05) is 10.3 Å². The predicted molar refractivity (Wildman–Crippen MR) is 84.1 cm³/mol. The van der Waals surface area contributed by atoms with E-state index in [0.29, 0.717) is 24.8 Å². The second-order valence-electron chi connectivity index (χ2n) is 4.49. The number of nitrogens with zero attached hydrogens (tertiary/aromatic N) is 6. The van der Waals surface area contributed by atoms with Gasteiger partial charge in [-0.3, -0.25) is 18.9 Å². The van der Waals surface area contributed by atoms with E-state index in [9.17, 15) is 9.59 Å². The van der Waals surface area contributed by atoms with Gasteiger partial charge < -0.3 is 4.98 Å². The van der Waals surface area contributed by atoms with Crippen LogP contribution in [0.2, 0.25) is 0 Å². The molecule has 2 rings (SSSR count). The van der Waals surface area contributed by atoms with Gasteiger partial charge in [0, 0.05) is 25.9 Å². The molecule has 0 atom stereocenters. The van der Waals surface area contributed by atoms with Crippen LogP contribution in [0.1, 0.15) is 0 Å². The molecule has 120 valence electrons. The SMILES string of the molecule is Cn1c(=O)c2[nH]c(/N=N/N(CCCl)CCCl)nc2n(C)c1=O. The van der Waals surface area contributed by atoms with Gasteiger partial charge in [0.1, 0.15) is 0 Å². The number of halogens is 2. The first kappa shape index (κ1) is 16.5. The van der Waals surface area contributed by atoms with Crippen molar-refractivity contribution >= 4 is 40.3 Å². The topological polar surface area (TPSA) is 101 Å². The standard InChI is InChI=1S/C11H15Cl2N7O2/c1-18-8-7(9(21)19(2)11(18)22)14-10(15-8)16-17-20(5-3-12)6-4-13/h3-6H2,1-2H3,(H,14,15)/b17-16+. The maximum atomic E-state index is 12.0. The fourth-order valence-corrected chi connectivity index (χ4v) is 2.25. The number of fused-ring (bicyclic) bond motifs is 1. The number of rotatable bonds is 6. The van der Waals surface area contributed by atoms with E-state index in [1.165, 1.54) is 18.7 Å². The summed E-state index contributed by atoms with van der Waals surface area (Å²) in [6, 6.07) is 0. The Morgan fingerprint density at radius 1 is 1.18 bits per heavy atom. The smallest absolute Gasteiger partial charge is 0.315 e. The van der Waals surface area contributed by atoms with Gasteiger partial charge in [-0.15, -0.1) is 23.2 Å². The summed E-state index contributed by atoms with van der Waals surface area (Å²) in [5.41, 5.74) is -0.508. The lowest BCUT2D eigenvalue weighted by molar-refractivity contribution is 0.303. The highest BCUT2D eigenvalue weighted by Crippen LogP contribution is 2.12. The number of alkyl halides is 2. The fourth-order valence-electron chi connectivity index (χ4n) is 1.86. The summed E-state index contributed by atoms with van der Waals surface area (Å²) >= 11 is 11.3. The minimum absolute atomic E-state index is 0.127. The summed E-state index contributed by atoms with van der Waals surface area (Å²) in [4.78, 5) is 30.7. The Hall–Kier alpha value is -1.87. The summed E-state index contributed by atoms with van der Waals surface area (Å²) in [6.07, 6.45) is 0. The van der Waals surface area contributed by atoms with Gasteiger partial charge in [-0.05, 0) is 0 Å². The van der Waals surface area contributed by atoms with Crippen molar-refractivity contribution in [3.8, 4) is 0 Å². The molecule has 2 heterocycles. The highest BCUT2D eigenvalue weighted by molar-refractivity contribution is 6.18. The number of aromatic amines is 1. The van der Waals surface area contributed by atoms with E-state index in [1.807, 2.05) is 0 Å². The quantitative estimate of drug-likeness (QED) is 0.473. The van der Waals surface area contributed by atoms with Crippen LogP contribution >= 0.6 is 23.2 Å². The Morgan fingerprint density at radius 2 is 1.82 bits per heavy atom. The number of hydrogen-bond donors (Lipinski definition) is 1. The number of imidazole rings is 1. The molecular formula is C11H15Cl2N7O2. The van der Waals surface area contributed by atoms with Crippen molar-refractivity contribution in [2.75, 3.05) is 24.8 Å². The van der Waals surface area contributed by atoms with E-state index in [4.69, 9.17) is 23.2 Å². The van der Waals surface area contributed by atoms with Gasteiger partial charge in [-0.2, -0.15) is 4.98 Å². The zero-order valence-corrected chi connectivity index (χ0v) is 13.6. The van der Waals surface area contributed by atoms with E-state index < -0.39 is 11.2 Å². The van der Waals surface area contributed by atoms with Crippen LogP contribution in [-0.4, -0.2) is 49.0 Å². The first-order chi connectivity index (χ1) is 10.5.